The molecule has 0 saturated carbocycles. The molecule has 19 heavy (non-hydrogen) atoms. The standard InChI is InChI=1S/C11H14N4O3S/c1-9-11(10(2)18-14-9)19(16,17)15(7-3-5-12)8-4-6-13/h3-4,7-8H2,1-2H3. The van der Waals surface area contributed by atoms with E-state index in [1.807, 2.05) is 12.1 Å². The highest BCUT2D eigenvalue weighted by Crippen LogP contribution is 2.23. The number of hydrogen-bond acceptors (Lipinski definition) is 6. The Morgan fingerprint density at radius 2 is 1.74 bits per heavy atom. The molecule has 0 spiro atoms. The zero-order valence-electron chi connectivity index (χ0n) is 10.8. The van der Waals surface area contributed by atoms with Crippen molar-refractivity contribution < 1.29 is 12.9 Å². The van der Waals surface area contributed by atoms with E-state index < -0.39 is 10.0 Å². The summed E-state index contributed by atoms with van der Waals surface area (Å²) in [5.74, 6) is 0.205. The Kier molecular flexibility index (Phi) is 5.04. The van der Waals surface area contributed by atoms with Gasteiger partial charge in [-0.3, -0.25) is 0 Å². The summed E-state index contributed by atoms with van der Waals surface area (Å²) in [6.45, 7) is 3.14. The van der Waals surface area contributed by atoms with Gasteiger partial charge in [-0.2, -0.15) is 14.8 Å². The fourth-order valence-corrected chi connectivity index (χ4v) is 3.41. The Labute approximate surface area is 112 Å². The third-order valence-electron chi connectivity index (χ3n) is 2.51. The van der Waals surface area contributed by atoms with Crippen molar-refractivity contribution in [2.24, 2.45) is 0 Å². The lowest BCUT2D eigenvalue weighted by molar-refractivity contribution is 0.388. The maximum atomic E-state index is 12.5. The van der Waals surface area contributed by atoms with Crippen molar-refractivity contribution in [3.05, 3.63) is 11.5 Å². The molecule has 1 aromatic rings. The predicted octanol–water partition coefficient (Wildman–Crippen LogP) is 1.11. The van der Waals surface area contributed by atoms with E-state index in [0.29, 0.717) is 0 Å². The van der Waals surface area contributed by atoms with Crippen molar-refractivity contribution in [1.29, 1.82) is 10.5 Å². The molecule has 1 rings (SSSR count). The molecule has 0 aliphatic heterocycles. The Morgan fingerprint density at radius 3 is 2.11 bits per heavy atom. The highest BCUT2D eigenvalue weighted by Gasteiger charge is 2.30. The van der Waals surface area contributed by atoms with Gasteiger partial charge in [0.1, 0.15) is 10.6 Å². The smallest absolute Gasteiger partial charge is 0.248 e. The van der Waals surface area contributed by atoms with Crippen molar-refractivity contribution >= 4 is 10.0 Å². The summed E-state index contributed by atoms with van der Waals surface area (Å²) >= 11 is 0. The Morgan fingerprint density at radius 1 is 1.21 bits per heavy atom. The van der Waals surface area contributed by atoms with Gasteiger partial charge in [0, 0.05) is 25.9 Å². The summed E-state index contributed by atoms with van der Waals surface area (Å²) in [5.41, 5.74) is 0.274. The second-order valence-corrected chi connectivity index (χ2v) is 5.75. The first-order chi connectivity index (χ1) is 8.95. The average molecular weight is 282 g/mol. The van der Waals surface area contributed by atoms with Crippen LogP contribution in [0, 0.1) is 36.5 Å². The fourth-order valence-electron chi connectivity index (χ4n) is 1.67. The fraction of sp³-hybridized carbons (Fsp3) is 0.545. The van der Waals surface area contributed by atoms with Crippen LogP contribution in [-0.4, -0.2) is 31.0 Å². The molecular weight excluding hydrogens is 268 g/mol. The molecule has 1 aromatic heterocycles. The van der Waals surface area contributed by atoms with Crippen LogP contribution in [0.5, 0.6) is 0 Å². The van der Waals surface area contributed by atoms with Crippen LogP contribution in [0.4, 0.5) is 0 Å². The van der Waals surface area contributed by atoms with Crippen LogP contribution in [0.15, 0.2) is 9.42 Å². The van der Waals surface area contributed by atoms with Crippen molar-refractivity contribution in [3.63, 3.8) is 0 Å². The van der Waals surface area contributed by atoms with Crippen molar-refractivity contribution in [2.45, 2.75) is 31.6 Å². The number of hydrogen-bond donors (Lipinski definition) is 0. The van der Waals surface area contributed by atoms with Gasteiger partial charge in [0.25, 0.3) is 0 Å². The van der Waals surface area contributed by atoms with Crippen LogP contribution >= 0.6 is 0 Å². The number of nitrogens with zero attached hydrogens (tertiary/aromatic N) is 4. The first-order valence-corrected chi connectivity index (χ1v) is 7.06. The first-order valence-electron chi connectivity index (χ1n) is 5.62. The monoisotopic (exact) mass is 282 g/mol. The number of rotatable bonds is 6. The molecule has 0 fully saturated rings. The third-order valence-corrected chi connectivity index (χ3v) is 4.66. The van der Waals surface area contributed by atoms with Gasteiger partial charge in [0.05, 0.1) is 12.1 Å². The second-order valence-electron chi connectivity index (χ2n) is 3.87. The largest absolute Gasteiger partial charge is 0.360 e. The van der Waals surface area contributed by atoms with E-state index in [1.165, 1.54) is 13.8 Å². The summed E-state index contributed by atoms with van der Waals surface area (Å²) in [4.78, 5) is 0.0170. The molecule has 8 heteroatoms. The maximum Gasteiger partial charge on any atom is 0.248 e. The van der Waals surface area contributed by atoms with Crippen molar-refractivity contribution in [2.75, 3.05) is 13.1 Å². The van der Waals surface area contributed by atoms with Gasteiger partial charge in [-0.1, -0.05) is 5.16 Å². The number of sulfonamides is 1. The topological polar surface area (TPSA) is 111 Å². The van der Waals surface area contributed by atoms with Gasteiger partial charge in [0.15, 0.2) is 5.76 Å². The van der Waals surface area contributed by atoms with E-state index in [2.05, 4.69) is 5.16 Å². The van der Waals surface area contributed by atoms with Crippen molar-refractivity contribution in [1.82, 2.24) is 9.46 Å². The van der Waals surface area contributed by atoms with E-state index >= 15 is 0 Å². The number of aromatic nitrogens is 1. The molecule has 0 bridgehead atoms. The molecule has 7 nitrogen and oxygen atoms in total. The molecule has 0 unspecified atom stereocenters. The lowest BCUT2D eigenvalue weighted by Gasteiger charge is -2.19. The van der Waals surface area contributed by atoms with E-state index in [4.69, 9.17) is 15.0 Å². The van der Waals surface area contributed by atoms with Crippen LogP contribution in [-0.2, 0) is 10.0 Å². The quantitative estimate of drug-likeness (QED) is 0.772. The molecule has 0 saturated heterocycles. The minimum absolute atomic E-state index is 0.0170. The Balaban J connectivity index is 3.13. The minimum Gasteiger partial charge on any atom is -0.360 e. The van der Waals surface area contributed by atoms with Crippen LogP contribution in [0.2, 0.25) is 0 Å². The summed E-state index contributed by atoms with van der Waals surface area (Å²) in [6, 6.07) is 3.79. The first kappa shape index (κ1) is 15.2. The van der Waals surface area contributed by atoms with E-state index in [-0.39, 0.29) is 42.3 Å². The zero-order valence-corrected chi connectivity index (χ0v) is 11.6. The van der Waals surface area contributed by atoms with Gasteiger partial charge in [-0.25, -0.2) is 8.42 Å². The average Bonchev–Trinajstić information content (AvgIpc) is 2.69. The zero-order chi connectivity index (χ0) is 14.5. The van der Waals surface area contributed by atoms with E-state index in [9.17, 15) is 8.42 Å². The Hall–Kier alpha value is -1.90. The van der Waals surface area contributed by atoms with Gasteiger partial charge < -0.3 is 4.52 Å². The molecule has 0 amide bonds. The van der Waals surface area contributed by atoms with E-state index in [0.717, 1.165) is 4.31 Å². The molecule has 1 heterocycles. The van der Waals surface area contributed by atoms with Crippen LogP contribution in [0.25, 0.3) is 0 Å². The number of aryl methyl sites for hydroxylation is 2. The van der Waals surface area contributed by atoms with Gasteiger partial charge in [-0.05, 0) is 13.8 Å². The van der Waals surface area contributed by atoms with E-state index in [1.54, 1.807) is 0 Å². The molecule has 0 aliphatic carbocycles. The minimum atomic E-state index is -3.79. The summed E-state index contributed by atoms with van der Waals surface area (Å²) in [6.07, 6.45) is 0.127. The third kappa shape index (κ3) is 3.31. The molecular formula is C11H14N4O3S. The molecule has 0 N–H and O–H groups in total. The SMILES string of the molecule is Cc1noc(C)c1S(=O)(=O)N(CCC#N)CCC#N. The van der Waals surface area contributed by atoms with Gasteiger partial charge >= 0.3 is 0 Å². The highest BCUT2D eigenvalue weighted by molar-refractivity contribution is 7.89. The Bertz CT molecular complexity index is 584. The predicted molar refractivity (Wildman–Crippen MR) is 65.2 cm³/mol. The summed E-state index contributed by atoms with van der Waals surface area (Å²) < 4.78 is 30.9. The van der Waals surface area contributed by atoms with Gasteiger partial charge in [-0.15, -0.1) is 0 Å². The lowest BCUT2D eigenvalue weighted by Crippen LogP contribution is -2.33. The normalized spacial score (nSPS) is 11.2. The molecule has 0 atom stereocenters. The molecule has 0 radical (unpaired) electrons. The second kappa shape index (κ2) is 6.32. The lowest BCUT2D eigenvalue weighted by atomic mass is 10.4. The van der Waals surface area contributed by atoms with Crippen molar-refractivity contribution in [3.8, 4) is 12.1 Å². The molecule has 0 aromatic carbocycles. The summed E-state index contributed by atoms with van der Waals surface area (Å²) in [7, 11) is -3.79. The van der Waals surface area contributed by atoms with Crippen LogP contribution < -0.4 is 0 Å². The summed E-state index contributed by atoms with van der Waals surface area (Å²) in [5, 5.41) is 20.8. The highest BCUT2D eigenvalue weighted by atomic mass is 32.2. The number of nitriles is 2. The van der Waals surface area contributed by atoms with Crippen LogP contribution in [0.3, 0.4) is 0 Å². The van der Waals surface area contributed by atoms with Crippen LogP contribution in [0.1, 0.15) is 24.3 Å². The molecule has 102 valence electrons. The van der Waals surface area contributed by atoms with Gasteiger partial charge in [0.2, 0.25) is 10.0 Å². The molecule has 0 aliphatic rings. The maximum absolute atomic E-state index is 12.5.